The van der Waals surface area contributed by atoms with Crippen molar-refractivity contribution in [2.75, 3.05) is 13.1 Å². The van der Waals surface area contributed by atoms with Gasteiger partial charge in [0.1, 0.15) is 5.75 Å². The number of rotatable bonds is 9. The largest absolute Gasteiger partial charge is 0.480 e. The van der Waals surface area contributed by atoms with Gasteiger partial charge < -0.3 is 15.4 Å². The van der Waals surface area contributed by atoms with Crippen LogP contribution < -0.4 is 15.4 Å². The minimum Gasteiger partial charge on any atom is -0.480 e. The highest BCUT2D eigenvalue weighted by Crippen LogP contribution is 2.27. The fraction of sp³-hybridized carbons (Fsp3) is 0.562. The Labute approximate surface area is 135 Å². The second-order valence-corrected chi connectivity index (χ2v) is 5.85. The van der Waals surface area contributed by atoms with Gasteiger partial charge in [-0.15, -0.1) is 0 Å². The molecule has 1 unspecified atom stereocenters. The highest BCUT2D eigenvalue weighted by molar-refractivity contribution is 9.10. The molecule has 5 heteroatoms. The van der Waals surface area contributed by atoms with Crippen LogP contribution in [0.25, 0.3) is 0 Å². The molecular weight excluding hydrogens is 332 g/mol. The van der Waals surface area contributed by atoms with E-state index in [9.17, 15) is 4.79 Å². The Morgan fingerprint density at radius 2 is 2.00 bits per heavy atom. The van der Waals surface area contributed by atoms with Crippen LogP contribution in [-0.2, 0) is 11.3 Å². The maximum Gasteiger partial charge on any atom is 0.260 e. The first-order valence-corrected chi connectivity index (χ1v) is 8.31. The van der Waals surface area contributed by atoms with Crippen molar-refractivity contribution in [1.29, 1.82) is 0 Å². The van der Waals surface area contributed by atoms with Gasteiger partial charge in [0.15, 0.2) is 6.10 Å². The van der Waals surface area contributed by atoms with Crippen molar-refractivity contribution in [2.24, 2.45) is 0 Å². The van der Waals surface area contributed by atoms with E-state index < -0.39 is 6.10 Å². The lowest BCUT2D eigenvalue weighted by atomic mass is 10.2. The van der Waals surface area contributed by atoms with Crippen molar-refractivity contribution >= 4 is 21.8 Å². The molecule has 1 atom stereocenters. The molecule has 1 rings (SSSR count). The Morgan fingerprint density at radius 1 is 1.29 bits per heavy atom. The predicted octanol–water partition coefficient (Wildman–Crippen LogP) is 3.24. The van der Waals surface area contributed by atoms with Crippen LogP contribution >= 0.6 is 15.9 Å². The van der Waals surface area contributed by atoms with E-state index in [4.69, 9.17) is 4.74 Å². The lowest BCUT2D eigenvalue weighted by molar-refractivity contribution is -0.127. The lowest BCUT2D eigenvalue weighted by Crippen LogP contribution is -2.36. The summed E-state index contributed by atoms with van der Waals surface area (Å²) >= 11 is 3.50. The molecule has 0 saturated heterocycles. The molecule has 2 N–H and O–H groups in total. The molecule has 1 aromatic rings. The summed E-state index contributed by atoms with van der Waals surface area (Å²) in [4.78, 5) is 11.8. The number of amides is 1. The molecule has 0 aliphatic heterocycles. The molecular formula is C16H25BrN2O2. The summed E-state index contributed by atoms with van der Waals surface area (Å²) in [5, 5.41) is 6.18. The minimum atomic E-state index is -0.503. The number of carbonyl (C=O) groups excluding carboxylic acids is 1. The van der Waals surface area contributed by atoms with Crippen LogP contribution in [0.1, 0.15) is 39.2 Å². The van der Waals surface area contributed by atoms with Gasteiger partial charge in [0.05, 0.1) is 4.47 Å². The second-order valence-electron chi connectivity index (χ2n) is 4.99. The Hall–Kier alpha value is -1.07. The molecule has 0 saturated carbocycles. The Bertz CT molecular complexity index is 452. The van der Waals surface area contributed by atoms with E-state index >= 15 is 0 Å². The molecule has 1 aromatic carbocycles. The van der Waals surface area contributed by atoms with Gasteiger partial charge in [-0.25, -0.2) is 0 Å². The molecule has 118 valence electrons. The fourth-order valence-corrected chi connectivity index (χ4v) is 2.31. The second kappa shape index (κ2) is 9.79. The average molecular weight is 357 g/mol. The zero-order chi connectivity index (χ0) is 15.7. The van der Waals surface area contributed by atoms with Gasteiger partial charge >= 0.3 is 0 Å². The third kappa shape index (κ3) is 6.48. The van der Waals surface area contributed by atoms with E-state index in [-0.39, 0.29) is 5.91 Å². The topological polar surface area (TPSA) is 50.4 Å². The molecule has 0 heterocycles. The quantitative estimate of drug-likeness (QED) is 0.667. The smallest absolute Gasteiger partial charge is 0.260 e. The number of ether oxygens (including phenoxy) is 1. The molecule has 4 nitrogen and oxygen atoms in total. The van der Waals surface area contributed by atoms with Crippen LogP contribution in [0.3, 0.4) is 0 Å². The van der Waals surface area contributed by atoms with E-state index in [1.54, 1.807) is 6.92 Å². The number of benzene rings is 1. The molecule has 0 aliphatic carbocycles. The summed E-state index contributed by atoms with van der Waals surface area (Å²) < 4.78 is 6.57. The van der Waals surface area contributed by atoms with Crippen LogP contribution in [0.15, 0.2) is 22.7 Å². The maximum absolute atomic E-state index is 11.8. The van der Waals surface area contributed by atoms with Gasteiger partial charge in [-0.3, -0.25) is 4.79 Å². The fourth-order valence-electron chi connectivity index (χ4n) is 1.80. The normalized spacial score (nSPS) is 12.0. The van der Waals surface area contributed by atoms with Gasteiger partial charge in [-0.1, -0.05) is 19.9 Å². The van der Waals surface area contributed by atoms with E-state index in [1.165, 1.54) is 5.56 Å². The van der Waals surface area contributed by atoms with Crippen molar-refractivity contribution in [3.8, 4) is 5.75 Å². The summed E-state index contributed by atoms with van der Waals surface area (Å²) in [7, 11) is 0. The van der Waals surface area contributed by atoms with Crippen molar-refractivity contribution in [1.82, 2.24) is 10.6 Å². The average Bonchev–Trinajstić information content (AvgIpc) is 2.47. The summed E-state index contributed by atoms with van der Waals surface area (Å²) in [5.74, 6) is 0.603. The first kappa shape index (κ1) is 18.0. The third-order valence-electron chi connectivity index (χ3n) is 2.97. The van der Waals surface area contributed by atoms with Gasteiger partial charge in [0, 0.05) is 13.1 Å². The Balaban J connectivity index is 2.57. The Kier molecular flexibility index (Phi) is 8.38. The molecule has 0 fully saturated rings. The van der Waals surface area contributed by atoms with E-state index in [0.717, 1.165) is 30.4 Å². The molecule has 0 bridgehead atoms. The van der Waals surface area contributed by atoms with Crippen molar-refractivity contribution < 1.29 is 9.53 Å². The molecule has 0 radical (unpaired) electrons. The van der Waals surface area contributed by atoms with E-state index in [0.29, 0.717) is 12.3 Å². The Morgan fingerprint density at radius 3 is 2.62 bits per heavy atom. The number of nitrogens with one attached hydrogen (secondary N) is 2. The summed E-state index contributed by atoms with van der Waals surface area (Å²) in [6.07, 6.45) is 1.53. The SMILES string of the molecule is CCCNCc1ccc(OC(C)C(=O)NCCC)c(Br)c1. The minimum absolute atomic E-state index is 0.0857. The van der Waals surface area contributed by atoms with Crippen molar-refractivity contribution in [2.45, 2.75) is 46.3 Å². The highest BCUT2D eigenvalue weighted by Gasteiger charge is 2.15. The van der Waals surface area contributed by atoms with Crippen LogP contribution in [0.2, 0.25) is 0 Å². The first-order chi connectivity index (χ1) is 10.1. The van der Waals surface area contributed by atoms with Crippen LogP contribution in [0.4, 0.5) is 0 Å². The maximum atomic E-state index is 11.8. The van der Waals surface area contributed by atoms with Gasteiger partial charge in [0.25, 0.3) is 5.91 Å². The number of hydrogen-bond donors (Lipinski definition) is 2. The molecule has 21 heavy (non-hydrogen) atoms. The van der Waals surface area contributed by atoms with Crippen molar-refractivity contribution in [3.63, 3.8) is 0 Å². The third-order valence-corrected chi connectivity index (χ3v) is 3.59. The van der Waals surface area contributed by atoms with E-state index in [1.807, 2.05) is 25.1 Å². The number of hydrogen-bond acceptors (Lipinski definition) is 3. The number of carbonyl (C=O) groups is 1. The molecule has 1 amide bonds. The first-order valence-electron chi connectivity index (χ1n) is 7.52. The standard InChI is InChI=1S/C16H25BrN2O2/c1-4-8-18-11-13-6-7-15(14(17)10-13)21-12(3)16(20)19-9-5-2/h6-7,10,12,18H,4-5,8-9,11H2,1-3H3,(H,19,20). The van der Waals surface area contributed by atoms with Crippen LogP contribution in [-0.4, -0.2) is 25.1 Å². The monoisotopic (exact) mass is 356 g/mol. The van der Waals surface area contributed by atoms with Crippen LogP contribution in [0, 0.1) is 0 Å². The zero-order valence-electron chi connectivity index (χ0n) is 13.0. The summed E-state index contributed by atoms with van der Waals surface area (Å²) in [6, 6.07) is 5.94. The van der Waals surface area contributed by atoms with Gasteiger partial charge in [-0.2, -0.15) is 0 Å². The van der Waals surface area contributed by atoms with Gasteiger partial charge in [-0.05, 0) is 59.9 Å². The van der Waals surface area contributed by atoms with E-state index in [2.05, 4.69) is 33.5 Å². The number of halogens is 1. The summed E-state index contributed by atoms with van der Waals surface area (Å²) in [6.45, 7) is 8.44. The lowest BCUT2D eigenvalue weighted by Gasteiger charge is -2.16. The zero-order valence-corrected chi connectivity index (χ0v) is 14.6. The van der Waals surface area contributed by atoms with Crippen molar-refractivity contribution in [3.05, 3.63) is 28.2 Å². The van der Waals surface area contributed by atoms with Crippen LogP contribution in [0.5, 0.6) is 5.75 Å². The summed E-state index contributed by atoms with van der Waals surface area (Å²) in [5.41, 5.74) is 1.19. The molecule has 0 aliphatic rings. The molecule has 0 aromatic heterocycles. The highest BCUT2D eigenvalue weighted by atomic mass is 79.9. The molecule has 0 spiro atoms. The predicted molar refractivity (Wildman–Crippen MR) is 89.5 cm³/mol. The van der Waals surface area contributed by atoms with Gasteiger partial charge in [0.2, 0.25) is 0 Å².